The van der Waals surface area contributed by atoms with Gasteiger partial charge in [-0.3, -0.25) is 4.79 Å². The molecule has 1 saturated heterocycles. The monoisotopic (exact) mass is 391 g/mol. The number of amides is 3. The Hall–Kier alpha value is -2.32. The Kier molecular flexibility index (Phi) is 8.07. The minimum absolute atomic E-state index is 0.00989. The maximum Gasteiger partial charge on any atom is 0.317 e. The van der Waals surface area contributed by atoms with Gasteiger partial charge in [0.05, 0.1) is 13.2 Å². The van der Waals surface area contributed by atoms with Gasteiger partial charge in [0.15, 0.2) is 0 Å². The fourth-order valence-electron chi connectivity index (χ4n) is 2.90. The summed E-state index contributed by atoms with van der Waals surface area (Å²) < 4.78 is 4.93. The second kappa shape index (κ2) is 10.3. The molecule has 1 fully saturated rings. The lowest BCUT2D eigenvalue weighted by atomic mass is 10.1. The number of hydrogen-bond donors (Lipinski definition) is 3. The summed E-state index contributed by atoms with van der Waals surface area (Å²) in [5.41, 5.74) is 1.63. The van der Waals surface area contributed by atoms with Gasteiger partial charge in [0.25, 0.3) is 0 Å². The van der Waals surface area contributed by atoms with E-state index in [1.807, 2.05) is 49.9 Å². The first kappa shape index (κ1) is 22.0. The van der Waals surface area contributed by atoms with Crippen molar-refractivity contribution in [2.24, 2.45) is 0 Å². The predicted octanol–water partition coefficient (Wildman–Crippen LogP) is 1.49. The van der Waals surface area contributed by atoms with Crippen molar-refractivity contribution in [3.63, 3.8) is 0 Å². The van der Waals surface area contributed by atoms with Crippen molar-refractivity contribution >= 4 is 23.3 Å². The zero-order chi connectivity index (χ0) is 20.6. The minimum Gasteiger partial charge on any atom is -0.383 e. The number of nitrogens with one attached hydrogen (secondary N) is 3. The fourth-order valence-corrected chi connectivity index (χ4v) is 2.90. The van der Waals surface area contributed by atoms with Gasteiger partial charge in [0, 0.05) is 56.7 Å². The Morgan fingerprint density at radius 3 is 2.29 bits per heavy atom. The first-order valence-electron chi connectivity index (χ1n) is 9.70. The van der Waals surface area contributed by atoms with E-state index in [4.69, 9.17) is 4.74 Å². The third kappa shape index (κ3) is 7.36. The molecule has 0 unspecified atom stereocenters. The molecule has 3 N–H and O–H groups in total. The molecule has 0 radical (unpaired) electrons. The predicted molar refractivity (Wildman–Crippen MR) is 112 cm³/mol. The van der Waals surface area contributed by atoms with Gasteiger partial charge in [0.1, 0.15) is 0 Å². The minimum atomic E-state index is -0.228. The van der Waals surface area contributed by atoms with Crippen LogP contribution >= 0.6 is 0 Å². The lowest BCUT2D eigenvalue weighted by Crippen LogP contribution is -2.55. The zero-order valence-electron chi connectivity index (χ0n) is 17.4. The van der Waals surface area contributed by atoms with Crippen molar-refractivity contribution < 1.29 is 14.3 Å². The fraction of sp³-hybridized carbons (Fsp3) is 0.600. The van der Waals surface area contributed by atoms with Crippen molar-refractivity contribution in [1.29, 1.82) is 0 Å². The summed E-state index contributed by atoms with van der Waals surface area (Å²) in [6, 6.07) is 7.80. The summed E-state index contributed by atoms with van der Waals surface area (Å²) in [5.74, 6) is -0.0812. The average Bonchev–Trinajstić information content (AvgIpc) is 2.65. The van der Waals surface area contributed by atoms with E-state index in [0.717, 1.165) is 24.5 Å². The van der Waals surface area contributed by atoms with Crippen LogP contribution in [-0.4, -0.2) is 75.4 Å². The van der Waals surface area contributed by atoms with Crippen LogP contribution in [0, 0.1) is 0 Å². The lowest BCUT2D eigenvalue weighted by Gasteiger charge is -2.37. The Morgan fingerprint density at radius 2 is 1.71 bits per heavy atom. The summed E-state index contributed by atoms with van der Waals surface area (Å²) in [4.78, 5) is 28.3. The molecule has 0 aliphatic carbocycles. The van der Waals surface area contributed by atoms with E-state index in [2.05, 4.69) is 20.9 Å². The van der Waals surface area contributed by atoms with E-state index in [0.29, 0.717) is 26.2 Å². The van der Waals surface area contributed by atoms with Gasteiger partial charge in [-0.05, 0) is 45.0 Å². The summed E-state index contributed by atoms with van der Waals surface area (Å²) in [5, 5.41) is 8.89. The maximum absolute atomic E-state index is 12.3. The molecule has 28 heavy (non-hydrogen) atoms. The Bertz CT molecular complexity index is 634. The van der Waals surface area contributed by atoms with Crippen molar-refractivity contribution in [2.45, 2.75) is 26.3 Å². The number of anilines is 2. The summed E-state index contributed by atoms with van der Waals surface area (Å²) in [6.45, 7) is 10.4. The van der Waals surface area contributed by atoms with Gasteiger partial charge in [-0.2, -0.15) is 0 Å². The number of ether oxygens (including phenoxy) is 1. The highest BCUT2D eigenvalue weighted by Crippen LogP contribution is 2.19. The van der Waals surface area contributed by atoms with E-state index in [-0.39, 0.29) is 24.0 Å². The topological polar surface area (TPSA) is 85.9 Å². The Morgan fingerprint density at radius 1 is 1.07 bits per heavy atom. The third-order valence-electron chi connectivity index (χ3n) is 4.33. The van der Waals surface area contributed by atoms with E-state index in [9.17, 15) is 9.59 Å². The highest BCUT2D eigenvalue weighted by atomic mass is 16.5. The van der Waals surface area contributed by atoms with Gasteiger partial charge in [-0.15, -0.1) is 0 Å². The first-order valence-corrected chi connectivity index (χ1v) is 9.70. The molecule has 0 saturated carbocycles. The van der Waals surface area contributed by atoms with E-state index >= 15 is 0 Å². The van der Waals surface area contributed by atoms with Gasteiger partial charge < -0.3 is 30.5 Å². The summed E-state index contributed by atoms with van der Waals surface area (Å²) >= 11 is 0. The number of piperazine rings is 1. The van der Waals surface area contributed by atoms with Crippen LogP contribution in [0.2, 0.25) is 0 Å². The number of carbonyl (C=O) groups is 2. The SMILES string of the molecule is COCCNCC(=O)Nc1ccc(N2CCN(C(=O)NC(C)(C)C)CC2)cc1. The van der Waals surface area contributed by atoms with E-state index in [1.165, 1.54) is 0 Å². The normalized spacial score (nSPS) is 14.7. The molecule has 0 aromatic heterocycles. The van der Waals surface area contributed by atoms with Crippen molar-refractivity contribution in [3.8, 4) is 0 Å². The quantitative estimate of drug-likeness (QED) is 0.613. The summed E-state index contributed by atoms with van der Waals surface area (Å²) in [7, 11) is 1.63. The zero-order valence-corrected chi connectivity index (χ0v) is 17.4. The van der Waals surface area contributed by atoms with Crippen LogP contribution in [-0.2, 0) is 9.53 Å². The Balaban J connectivity index is 1.78. The molecule has 1 aromatic carbocycles. The van der Waals surface area contributed by atoms with Crippen molar-refractivity contribution in [1.82, 2.24) is 15.5 Å². The van der Waals surface area contributed by atoms with Gasteiger partial charge in [-0.25, -0.2) is 4.79 Å². The Labute approximate surface area is 167 Å². The summed E-state index contributed by atoms with van der Waals surface area (Å²) in [6.07, 6.45) is 0. The number of rotatable bonds is 7. The molecule has 0 bridgehead atoms. The number of carbonyl (C=O) groups excluding carboxylic acids is 2. The number of urea groups is 1. The van der Waals surface area contributed by atoms with E-state index < -0.39 is 0 Å². The molecule has 0 spiro atoms. The third-order valence-corrected chi connectivity index (χ3v) is 4.33. The number of benzene rings is 1. The lowest BCUT2D eigenvalue weighted by molar-refractivity contribution is -0.115. The highest BCUT2D eigenvalue weighted by molar-refractivity contribution is 5.92. The smallest absolute Gasteiger partial charge is 0.317 e. The second-order valence-corrected chi connectivity index (χ2v) is 7.92. The van der Waals surface area contributed by atoms with Crippen LogP contribution in [0.15, 0.2) is 24.3 Å². The molecule has 8 nitrogen and oxygen atoms in total. The number of hydrogen-bond acceptors (Lipinski definition) is 5. The van der Waals surface area contributed by atoms with E-state index in [1.54, 1.807) is 7.11 Å². The second-order valence-electron chi connectivity index (χ2n) is 7.92. The molecule has 1 aromatic rings. The molecular formula is C20H33N5O3. The maximum atomic E-state index is 12.3. The number of nitrogens with zero attached hydrogens (tertiary/aromatic N) is 2. The molecule has 0 atom stereocenters. The van der Waals surface area contributed by atoms with Crippen LogP contribution in [0.1, 0.15) is 20.8 Å². The van der Waals surface area contributed by atoms with Crippen LogP contribution < -0.4 is 20.9 Å². The first-order chi connectivity index (χ1) is 13.3. The van der Waals surface area contributed by atoms with Gasteiger partial charge in [0.2, 0.25) is 5.91 Å². The molecule has 2 rings (SSSR count). The average molecular weight is 392 g/mol. The van der Waals surface area contributed by atoms with Crippen LogP contribution in [0.3, 0.4) is 0 Å². The highest BCUT2D eigenvalue weighted by Gasteiger charge is 2.24. The van der Waals surface area contributed by atoms with Crippen LogP contribution in [0.4, 0.5) is 16.2 Å². The molecule has 8 heteroatoms. The van der Waals surface area contributed by atoms with Gasteiger partial charge >= 0.3 is 6.03 Å². The van der Waals surface area contributed by atoms with Gasteiger partial charge in [-0.1, -0.05) is 0 Å². The van der Waals surface area contributed by atoms with Crippen molar-refractivity contribution in [2.75, 3.05) is 63.2 Å². The molecule has 1 heterocycles. The molecule has 1 aliphatic rings. The molecule has 1 aliphatic heterocycles. The van der Waals surface area contributed by atoms with Crippen molar-refractivity contribution in [3.05, 3.63) is 24.3 Å². The van der Waals surface area contributed by atoms with Crippen LogP contribution in [0.25, 0.3) is 0 Å². The number of methoxy groups -OCH3 is 1. The molecular weight excluding hydrogens is 358 g/mol. The molecule has 3 amide bonds. The van der Waals surface area contributed by atoms with Crippen LogP contribution in [0.5, 0.6) is 0 Å². The largest absolute Gasteiger partial charge is 0.383 e. The standard InChI is InChI=1S/C20H33N5O3/c1-20(2,3)23-19(27)25-12-10-24(11-13-25)17-7-5-16(6-8-17)22-18(26)15-21-9-14-28-4/h5-8,21H,9-15H2,1-4H3,(H,22,26)(H,23,27). The molecule has 156 valence electrons.